The summed E-state index contributed by atoms with van der Waals surface area (Å²) in [5, 5.41) is 0. The summed E-state index contributed by atoms with van der Waals surface area (Å²) < 4.78 is 0. The summed E-state index contributed by atoms with van der Waals surface area (Å²) in [7, 11) is 0. The second-order valence-electron chi connectivity index (χ2n) is 5.12. The largest absolute Gasteiger partial charge is 0.158 e. The summed E-state index contributed by atoms with van der Waals surface area (Å²) in [6.45, 7) is 11.1. The molecule has 104 valence electrons. The first-order valence-electron chi connectivity index (χ1n) is 7.08. The third-order valence-corrected chi connectivity index (χ3v) is 3.69. The molecular weight excluding hydrogens is 236 g/mol. The van der Waals surface area contributed by atoms with Crippen LogP contribution in [0.25, 0.3) is 0 Å². The molecule has 0 aliphatic heterocycles. The van der Waals surface area contributed by atoms with Crippen molar-refractivity contribution >= 4 is 11.8 Å². The molecule has 18 heavy (non-hydrogen) atoms. The zero-order valence-corrected chi connectivity index (χ0v) is 13.7. The molecule has 0 spiro atoms. The molecule has 0 saturated heterocycles. The van der Waals surface area contributed by atoms with E-state index in [0.717, 1.165) is 0 Å². The lowest BCUT2D eigenvalue weighted by molar-refractivity contribution is 0.917. The van der Waals surface area contributed by atoms with E-state index in [-0.39, 0.29) is 0 Å². The molecule has 0 aromatic carbocycles. The van der Waals surface area contributed by atoms with E-state index in [1.165, 1.54) is 53.9 Å². The summed E-state index contributed by atoms with van der Waals surface area (Å²) >= 11 is 1.99. The van der Waals surface area contributed by atoms with Crippen LogP contribution >= 0.6 is 11.8 Å². The van der Waals surface area contributed by atoms with Crippen molar-refractivity contribution in [3.63, 3.8) is 0 Å². The summed E-state index contributed by atoms with van der Waals surface area (Å²) in [5.41, 5.74) is 4.49. The van der Waals surface area contributed by atoms with E-state index < -0.39 is 0 Å². The third-order valence-electron chi connectivity index (χ3n) is 2.88. The molecule has 0 aromatic heterocycles. The lowest BCUT2D eigenvalue weighted by atomic mass is 10.1. The molecule has 0 fully saturated rings. The molecule has 0 aliphatic rings. The van der Waals surface area contributed by atoms with Gasteiger partial charge in [0, 0.05) is 5.75 Å². The highest BCUT2D eigenvalue weighted by Crippen LogP contribution is 2.12. The van der Waals surface area contributed by atoms with Gasteiger partial charge in [-0.25, -0.2) is 0 Å². The minimum Gasteiger partial charge on any atom is -0.158 e. The zero-order chi connectivity index (χ0) is 13.8. The Morgan fingerprint density at radius 3 is 1.94 bits per heavy atom. The molecule has 0 amide bonds. The van der Waals surface area contributed by atoms with Gasteiger partial charge in [-0.3, -0.25) is 0 Å². The second-order valence-corrected chi connectivity index (χ2v) is 6.44. The summed E-state index contributed by atoms with van der Waals surface area (Å²) in [4.78, 5) is 0. The zero-order valence-electron chi connectivity index (χ0n) is 12.9. The molecule has 0 saturated carbocycles. The maximum atomic E-state index is 2.41. The quantitative estimate of drug-likeness (QED) is 0.356. The molecule has 0 nitrogen and oxygen atoms in total. The first-order chi connectivity index (χ1) is 8.56. The number of rotatable bonds is 9. The van der Waals surface area contributed by atoms with E-state index in [1.54, 1.807) is 0 Å². The average molecular weight is 266 g/mol. The third kappa shape index (κ3) is 12.0. The molecule has 0 aliphatic carbocycles. The van der Waals surface area contributed by atoms with Gasteiger partial charge in [0.15, 0.2) is 0 Å². The smallest absolute Gasteiger partial charge is 0.0115 e. The van der Waals surface area contributed by atoms with Crippen LogP contribution in [0.3, 0.4) is 0 Å². The number of hydrogen-bond acceptors (Lipinski definition) is 1. The minimum absolute atomic E-state index is 1.17. The van der Waals surface area contributed by atoms with Crippen molar-refractivity contribution < 1.29 is 0 Å². The van der Waals surface area contributed by atoms with E-state index >= 15 is 0 Å². The van der Waals surface area contributed by atoms with Crippen molar-refractivity contribution in [2.24, 2.45) is 0 Å². The van der Waals surface area contributed by atoms with Gasteiger partial charge in [0.05, 0.1) is 0 Å². The van der Waals surface area contributed by atoms with E-state index in [9.17, 15) is 0 Å². The molecule has 1 heteroatoms. The van der Waals surface area contributed by atoms with Gasteiger partial charge in [-0.05, 0) is 59.1 Å². The minimum atomic E-state index is 1.17. The van der Waals surface area contributed by atoms with Crippen LogP contribution in [0.4, 0.5) is 0 Å². The molecule has 0 N–H and O–H groups in total. The maximum absolute atomic E-state index is 2.41. The normalized spacial score (nSPS) is 12.7. The van der Waals surface area contributed by atoms with Crippen LogP contribution in [-0.4, -0.2) is 11.5 Å². The van der Waals surface area contributed by atoms with Crippen molar-refractivity contribution in [2.45, 2.75) is 60.3 Å². The van der Waals surface area contributed by atoms with Crippen LogP contribution in [0.2, 0.25) is 0 Å². The van der Waals surface area contributed by atoms with E-state index in [0.29, 0.717) is 0 Å². The van der Waals surface area contributed by atoms with E-state index in [4.69, 9.17) is 0 Å². The fourth-order valence-electron chi connectivity index (χ4n) is 1.66. The van der Waals surface area contributed by atoms with E-state index in [2.05, 4.69) is 52.8 Å². The molecule has 0 unspecified atom stereocenters. The Balaban J connectivity index is 3.79. The van der Waals surface area contributed by atoms with Gasteiger partial charge >= 0.3 is 0 Å². The predicted octanol–water partition coefficient (Wildman–Crippen LogP) is 6.16. The van der Waals surface area contributed by atoms with Crippen LogP contribution in [0.1, 0.15) is 60.3 Å². The summed E-state index contributed by atoms with van der Waals surface area (Å²) in [6.07, 6.45) is 11.9. The van der Waals surface area contributed by atoms with Crippen molar-refractivity contribution in [3.8, 4) is 0 Å². The monoisotopic (exact) mass is 266 g/mol. The Bertz CT molecular complexity index is 291. The van der Waals surface area contributed by atoms with Gasteiger partial charge in [-0.1, -0.05) is 41.9 Å². The SMILES string of the molecule is CCSCC=C(C)CCC=C(C)CCC=C(C)C. The number of allylic oxidation sites excluding steroid dienone is 5. The van der Waals surface area contributed by atoms with Gasteiger partial charge in [0.2, 0.25) is 0 Å². The molecule has 0 rings (SSSR count). The van der Waals surface area contributed by atoms with Gasteiger partial charge in [0.1, 0.15) is 0 Å². The standard InChI is InChI=1S/C17H30S/c1-6-18-14-13-17(5)12-8-11-16(4)10-7-9-15(2)3/h9,11,13H,6-8,10,12,14H2,1-5H3. The molecular formula is C17H30S. The van der Waals surface area contributed by atoms with Crippen LogP contribution < -0.4 is 0 Å². The Labute approximate surface area is 119 Å². The first kappa shape index (κ1) is 17.6. The highest BCUT2D eigenvalue weighted by atomic mass is 32.2. The van der Waals surface area contributed by atoms with Crippen LogP contribution in [0, 0.1) is 0 Å². The lowest BCUT2D eigenvalue weighted by Gasteiger charge is -2.01. The van der Waals surface area contributed by atoms with Gasteiger partial charge in [-0.2, -0.15) is 11.8 Å². The van der Waals surface area contributed by atoms with Crippen LogP contribution in [0.5, 0.6) is 0 Å². The fraction of sp³-hybridized carbons (Fsp3) is 0.647. The van der Waals surface area contributed by atoms with Crippen molar-refractivity contribution in [1.82, 2.24) is 0 Å². The number of thioether (sulfide) groups is 1. The number of hydrogen-bond donors (Lipinski definition) is 0. The van der Waals surface area contributed by atoms with Gasteiger partial charge in [-0.15, -0.1) is 0 Å². The van der Waals surface area contributed by atoms with Crippen LogP contribution in [0.15, 0.2) is 34.9 Å². The molecule has 0 aromatic rings. The molecule has 0 radical (unpaired) electrons. The Morgan fingerprint density at radius 1 is 0.833 bits per heavy atom. The van der Waals surface area contributed by atoms with E-state index in [1.807, 2.05) is 11.8 Å². The molecule has 0 atom stereocenters. The fourth-order valence-corrected chi connectivity index (χ4v) is 2.30. The Hall–Kier alpha value is -0.430. The van der Waals surface area contributed by atoms with Gasteiger partial charge in [0.25, 0.3) is 0 Å². The van der Waals surface area contributed by atoms with Crippen LogP contribution in [-0.2, 0) is 0 Å². The van der Waals surface area contributed by atoms with Crippen molar-refractivity contribution in [2.75, 3.05) is 11.5 Å². The summed E-state index contributed by atoms with van der Waals surface area (Å²) in [5.74, 6) is 2.39. The summed E-state index contributed by atoms with van der Waals surface area (Å²) in [6, 6.07) is 0. The highest BCUT2D eigenvalue weighted by Gasteiger charge is 1.92. The second kappa shape index (κ2) is 11.6. The topological polar surface area (TPSA) is 0 Å². The maximum Gasteiger partial charge on any atom is 0.0115 e. The Kier molecular flexibility index (Phi) is 11.4. The molecule has 0 heterocycles. The molecule has 0 bridgehead atoms. The average Bonchev–Trinajstić information content (AvgIpc) is 2.29. The first-order valence-corrected chi connectivity index (χ1v) is 8.24. The van der Waals surface area contributed by atoms with Gasteiger partial charge < -0.3 is 0 Å². The Morgan fingerprint density at radius 2 is 1.39 bits per heavy atom. The highest BCUT2D eigenvalue weighted by molar-refractivity contribution is 7.99. The predicted molar refractivity (Wildman–Crippen MR) is 88.4 cm³/mol. The lowest BCUT2D eigenvalue weighted by Crippen LogP contribution is -1.82. The van der Waals surface area contributed by atoms with Crippen molar-refractivity contribution in [1.29, 1.82) is 0 Å². The van der Waals surface area contributed by atoms with Crippen molar-refractivity contribution in [3.05, 3.63) is 34.9 Å².